The molecule has 4 aromatic heterocycles. The maximum absolute atomic E-state index is 14.5. The molecule has 5 rings (SSSR count). The standard InChI is InChI=1S/C23H17F4N7/c1-23(26,27)20(13-5-7-16(24)8-6-13)33-12-15(10-29-33)19-4-2-3-18(30-19)14-9-17(25)21-31-22(28)32-34(21)11-14/h2-12,20H,1H3,(H2,28,32)/t20-/m1/s1. The summed E-state index contributed by atoms with van der Waals surface area (Å²) in [7, 11) is 0. The Morgan fingerprint density at radius 1 is 0.941 bits per heavy atom. The average molecular weight is 467 g/mol. The predicted molar refractivity (Wildman–Crippen MR) is 117 cm³/mol. The Kier molecular flexibility index (Phi) is 5.03. The van der Waals surface area contributed by atoms with Gasteiger partial charge in [-0.1, -0.05) is 18.2 Å². The first-order chi connectivity index (χ1) is 16.2. The molecule has 7 nitrogen and oxygen atoms in total. The van der Waals surface area contributed by atoms with Crippen molar-refractivity contribution >= 4 is 11.6 Å². The highest BCUT2D eigenvalue weighted by atomic mass is 19.3. The molecule has 34 heavy (non-hydrogen) atoms. The lowest BCUT2D eigenvalue weighted by Crippen LogP contribution is -2.29. The lowest BCUT2D eigenvalue weighted by atomic mass is 10.0. The number of pyridine rings is 2. The van der Waals surface area contributed by atoms with Crippen molar-refractivity contribution in [3.05, 3.63) is 84.3 Å². The van der Waals surface area contributed by atoms with E-state index in [-0.39, 0.29) is 17.2 Å². The first-order valence-electron chi connectivity index (χ1n) is 10.2. The van der Waals surface area contributed by atoms with Gasteiger partial charge in [0.1, 0.15) is 11.9 Å². The van der Waals surface area contributed by atoms with E-state index in [1.807, 2.05) is 0 Å². The molecule has 0 aliphatic heterocycles. The fourth-order valence-corrected chi connectivity index (χ4v) is 3.79. The van der Waals surface area contributed by atoms with Crippen LogP contribution in [0.2, 0.25) is 0 Å². The molecule has 1 atom stereocenters. The molecular weight excluding hydrogens is 450 g/mol. The highest BCUT2D eigenvalue weighted by Gasteiger charge is 2.37. The molecule has 1 aromatic carbocycles. The largest absolute Gasteiger partial charge is 0.366 e. The zero-order valence-corrected chi connectivity index (χ0v) is 17.7. The average Bonchev–Trinajstić information content (AvgIpc) is 3.41. The minimum absolute atomic E-state index is 0.00832. The predicted octanol–water partition coefficient (Wildman–Crippen LogP) is 4.76. The Balaban J connectivity index is 1.52. The van der Waals surface area contributed by atoms with Crippen LogP contribution in [-0.2, 0) is 0 Å². The zero-order valence-electron chi connectivity index (χ0n) is 17.7. The Bertz CT molecular complexity index is 1490. The van der Waals surface area contributed by atoms with Gasteiger partial charge in [0.15, 0.2) is 11.5 Å². The van der Waals surface area contributed by atoms with Crippen LogP contribution in [0.4, 0.5) is 23.5 Å². The van der Waals surface area contributed by atoms with Crippen LogP contribution in [0.25, 0.3) is 28.2 Å². The fraction of sp³-hybridized carbons (Fsp3) is 0.130. The molecule has 0 saturated heterocycles. The topological polar surface area (TPSA) is 86.9 Å². The molecule has 0 aliphatic rings. The number of alkyl halides is 2. The summed E-state index contributed by atoms with van der Waals surface area (Å²) in [5.74, 6) is -4.38. The van der Waals surface area contributed by atoms with Crippen LogP contribution in [0.15, 0.2) is 67.1 Å². The Hall–Kier alpha value is -4.28. The molecule has 11 heteroatoms. The molecule has 5 aromatic rings. The SMILES string of the molecule is CC(F)(F)[C@@H](c1ccc(F)cc1)n1cc(-c2cccc(-c3cc(F)c4nc(N)nn4c3)n2)cn1. The van der Waals surface area contributed by atoms with Crippen molar-refractivity contribution in [1.82, 2.24) is 29.4 Å². The molecule has 4 heterocycles. The zero-order chi connectivity index (χ0) is 24.0. The second kappa shape index (κ2) is 7.94. The van der Waals surface area contributed by atoms with E-state index in [0.29, 0.717) is 22.5 Å². The molecule has 0 bridgehead atoms. The van der Waals surface area contributed by atoms with Crippen LogP contribution in [0.5, 0.6) is 0 Å². The second-order valence-electron chi connectivity index (χ2n) is 7.84. The number of benzene rings is 1. The number of fused-ring (bicyclic) bond motifs is 1. The van der Waals surface area contributed by atoms with Gasteiger partial charge in [0.2, 0.25) is 5.95 Å². The van der Waals surface area contributed by atoms with Gasteiger partial charge in [-0.25, -0.2) is 27.1 Å². The Morgan fingerprint density at radius 3 is 2.35 bits per heavy atom. The van der Waals surface area contributed by atoms with Gasteiger partial charge in [-0.15, -0.1) is 5.10 Å². The summed E-state index contributed by atoms with van der Waals surface area (Å²) < 4.78 is 59.1. The molecule has 172 valence electrons. The number of nitrogen functional groups attached to an aromatic ring is 1. The summed E-state index contributed by atoms with van der Waals surface area (Å²) in [5, 5.41) is 8.05. The molecule has 0 aliphatic carbocycles. The normalized spacial score (nSPS) is 12.9. The summed E-state index contributed by atoms with van der Waals surface area (Å²) in [5.41, 5.74) is 7.52. The molecular formula is C23H17F4N7. The van der Waals surface area contributed by atoms with Gasteiger partial charge in [0.25, 0.3) is 5.92 Å². The smallest absolute Gasteiger partial charge is 0.271 e. The highest BCUT2D eigenvalue weighted by molar-refractivity contribution is 5.66. The lowest BCUT2D eigenvalue weighted by molar-refractivity contribution is -0.0217. The molecule has 0 saturated carbocycles. The summed E-state index contributed by atoms with van der Waals surface area (Å²) in [6.45, 7) is 0.781. The van der Waals surface area contributed by atoms with E-state index in [0.717, 1.165) is 23.7 Å². The van der Waals surface area contributed by atoms with E-state index < -0.39 is 23.6 Å². The number of halogens is 4. The molecule has 0 amide bonds. The van der Waals surface area contributed by atoms with Crippen LogP contribution >= 0.6 is 0 Å². The monoisotopic (exact) mass is 467 g/mol. The van der Waals surface area contributed by atoms with E-state index in [1.54, 1.807) is 24.4 Å². The Labute approximate surface area is 190 Å². The number of hydrogen-bond donors (Lipinski definition) is 1. The van der Waals surface area contributed by atoms with Crippen molar-refractivity contribution in [2.75, 3.05) is 5.73 Å². The van der Waals surface area contributed by atoms with Crippen LogP contribution in [-0.4, -0.2) is 35.3 Å². The van der Waals surface area contributed by atoms with Crippen LogP contribution in [0, 0.1) is 11.6 Å². The first kappa shape index (κ1) is 21.6. The van der Waals surface area contributed by atoms with Crippen molar-refractivity contribution in [3.63, 3.8) is 0 Å². The molecule has 0 unspecified atom stereocenters. The quantitative estimate of drug-likeness (QED) is 0.377. The molecule has 0 radical (unpaired) electrons. The first-order valence-corrected chi connectivity index (χ1v) is 10.2. The third-order valence-corrected chi connectivity index (χ3v) is 5.28. The van der Waals surface area contributed by atoms with E-state index in [2.05, 4.69) is 20.2 Å². The number of anilines is 1. The molecule has 0 fully saturated rings. The Morgan fingerprint density at radius 2 is 1.65 bits per heavy atom. The number of nitrogens with two attached hydrogens (primary N) is 1. The summed E-state index contributed by atoms with van der Waals surface area (Å²) in [6, 6.07) is 9.75. The molecule has 2 N–H and O–H groups in total. The van der Waals surface area contributed by atoms with E-state index in [4.69, 9.17) is 5.73 Å². The van der Waals surface area contributed by atoms with Crippen molar-refractivity contribution in [2.24, 2.45) is 0 Å². The fourth-order valence-electron chi connectivity index (χ4n) is 3.79. The van der Waals surface area contributed by atoms with Gasteiger partial charge < -0.3 is 5.73 Å². The third-order valence-electron chi connectivity index (χ3n) is 5.28. The number of nitrogens with zero attached hydrogens (tertiary/aromatic N) is 6. The summed E-state index contributed by atoms with van der Waals surface area (Å²) in [6.07, 6.45) is 4.40. The second-order valence-corrected chi connectivity index (χ2v) is 7.84. The third kappa shape index (κ3) is 3.96. The van der Waals surface area contributed by atoms with E-state index >= 15 is 0 Å². The van der Waals surface area contributed by atoms with Gasteiger partial charge in [-0.3, -0.25) is 4.68 Å². The van der Waals surface area contributed by atoms with Gasteiger partial charge in [0, 0.05) is 30.4 Å². The van der Waals surface area contributed by atoms with Crippen LogP contribution in [0.3, 0.4) is 0 Å². The number of rotatable bonds is 5. The lowest BCUT2D eigenvalue weighted by Gasteiger charge is -2.24. The summed E-state index contributed by atoms with van der Waals surface area (Å²) >= 11 is 0. The highest BCUT2D eigenvalue weighted by Crippen LogP contribution is 2.35. The molecule has 0 spiro atoms. The number of aromatic nitrogens is 6. The van der Waals surface area contributed by atoms with Gasteiger partial charge in [-0.05, 0) is 35.9 Å². The maximum atomic E-state index is 14.5. The minimum atomic E-state index is -3.18. The maximum Gasteiger partial charge on any atom is 0.271 e. The van der Waals surface area contributed by atoms with Crippen molar-refractivity contribution in [3.8, 4) is 22.5 Å². The van der Waals surface area contributed by atoms with Gasteiger partial charge >= 0.3 is 0 Å². The van der Waals surface area contributed by atoms with Crippen molar-refractivity contribution in [1.29, 1.82) is 0 Å². The minimum Gasteiger partial charge on any atom is -0.366 e. The van der Waals surface area contributed by atoms with E-state index in [9.17, 15) is 17.6 Å². The number of hydrogen-bond acceptors (Lipinski definition) is 5. The summed E-state index contributed by atoms with van der Waals surface area (Å²) in [4.78, 5) is 8.36. The van der Waals surface area contributed by atoms with Crippen LogP contribution in [0.1, 0.15) is 18.5 Å². The van der Waals surface area contributed by atoms with Crippen LogP contribution < -0.4 is 5.73 Å². The van der Waals surface area contributed by atoms with Gasteiger partial charge in [-0.2, -0.15) is 10.1 Å². The van der Waals surface area contributed by atoms with Crippen molar-refractivity contribution < 1.29 is 17.6 Å². The van der Waals surface area contributed by atoms with Gasteiger partial charge in [0.05, 0.1) is 17.6 Å². The van der Waals surface area contributed by atoms with Crippen molar-refractivity contribution in [2.45, 2.75) is 18.9 Å². The van der Waals surface area contributed by atoms with E-state index in [1.165, 1.54) is 35.1 Å².